The molecule has 17 heteroatoms. The lowest BCUT2D eigenvalue weighted by Crippen LogP contribution is -2.49. The molecule has 0 saturated heterocycles. The van der Waals surface area contributed by atoms with Gasteiger partial charge in [0.25, 0.3) is 0 Å². The van der Waals surface area contributed by atoms with Gasteiger partial charge in [-0.15, -0.1) is 0 Å². The number of aromatic amines is 1. The normalized spacial score (nSPS) is 13.1. The van der Waals surface area contributed by atoms with Gasteiger partial charge < -0.3 is 59.4 Å². The van der Waals surface area contributed by atoms with Gasteiger partial charge in [0.15, 0.2) is 5.96 Å². The number of nitrogens with one attached hydrogen (secondary N) is 5. The molecule has 17 nitrogen and oxygen atoms in total. The summed E-state index contributed by atoms with van der Waals surface area (Å²) >= 11 is 0. The highest BCUT2D eigenvalue weighted by Crippen LogP contribution is 2.18. The third kappa shape index (κ3) is 18.5. The van der Waals surface area contributed by atoms with Gasteiger partial charge in [-0.3, -0.25) is 29.0 Å². The van der Waals surface area contributed by atoms with Crippen molar-refractivity contribution in [3.8, 4) is 0 Å². The van der Waals surface area contributed by atoms with Crippen molar-refractivity contribution in [2.24, 2.45) is 33.7 Å². The van der Waals surface area contributed by atoms with Crippen molar-refractivity contribution in [2.45, 2.75) is 88.8 Å². The van der Waals surface area contributed by atoms with Gasteiger partial charge in [0.2, 0.25) is 29.5 Å². The number of guanidine groups is 1. The van der Waals surface area contributed by atoms with Crippen LogP contribution in [0.1, 0.15) is 69.8 Å². The number of unbranched alkanes of at least 4 members (excludes halogenated alkanes) is 3. The summed E-state index contributed by atoms with van der Waals surface area (Å²) in [5, 5.41) is 12.1. The number of aliphatic imine (C=N–C) groups is 1. The predicted octanol–water partition coefficient (Wildman–Crippen LogP) is -1.07. The fourth-order valence-corrected chi connectivity index (χ4v) is 5.86. The highest BCUT2D eigenvalue weighted by Gasteiger charge is 2.23. The van der Waals surface area contributed by atoms with Gasteiger partial charge in [0.1, 0.15) is 6.04 Å². The predicted molar refractivity (Wildman–Crippen MR) is 207 cm³/mol. The molecule has 1 aromatic carbocycles. The van der Waals surface area contributed by atoms with E-state index in [-0.39, 0.29) is 36.5 Å². The molecule has 296 valence electrons. The van der Waals surface area contributed by atoms with Gasteiger partial charge >= 0.3 is 0 Å². The van der Waals surface area contributed by atoms with E-state index in [1.54, 1.807) is 6.20 Å². The average Bonchev–Trinajstić information content (AvgIpc) is 3.51. The lowest BCUT2D eigenvalue weighted by Gasteiger charge is -2.30. The Morgan fingerprint density at radius 2 is 1.34 bits per heavy atom. The van der Waals surface area contributed by atoms with Gasteiger partial charge in [-0.25, -0.2) is 0 Å². The molecule has 0 aliphatic rings. The number of primary amides is 1. The fourth-order valence-electron chi connectivity index (χ4n) is 5.86. The maximum atomic E-state index is 12.8. The van der Waals surface area contributed by atoms with Crippen LogP contribution in [0.5, 0.6) is 0 Å². The Hall–Kier alpha value is -4.74. The van der Waals surface area contributed by atoms with Crippen molar-refractivity contribution in [1.29, 1.82) is 0 Å². The molecular formula is C36H63N12O5+. The molecule has 0 radical (unpaired) electrons. The molecule has 15 N–H and O–H groups in total. The first-order valence-electron chi connectivity index (χ1n) is 18.5. The van der Waals surface area contributed by atoms with E-state index >= 15 is 0 Å². The Labute approximate surface area is 312 Å². The maximum Gasteiger partial charge on any atom is 0.243 e. The van der Waals surface area contributed by atoms with Crippen LogP contribution in [-0.4, -0.2) is 116 Å². The number of amides is 5. The topological polar surface area (TPSA) is 292 Å². The van der Waals surface area contributed by atoms with Gasteiger partial charge in [-0.1, -0.05) is 18.2 Å². The van der Waals surface area contributed by atoms with Crippen LogP contribution in [0, 0.1) is 0 Å². The number of carbonyl (C=O) groups excluding carboxylic acids is 5. The van der Waals surface area contributed by atoms with E-state index in [1.165, 1.54) is 0 Å². The van der Waals surface area contributed by atoms with Crippen LogP contribution < -0.4 is 49.9 Å². The molecule has 53 heavy (non-hydrogen) atoms. The summed E-state index contributed by atoms with van der Waals surface area (Å²) in [4.78, 5) is 68.7. The summed E-state index contributed by atoms with van der Waals surface area (Å²) in [5.41, 5.74) is 29.7. The highest BCUT2D eigenvalue weighted by atomic mass is 16.2. The van der Waals surface area contributed by atoms with Gasteiger partial charge in [-0.2, -0.15) is 0 Å². The van der Waals surface area contributed by atoms with Crippen molar-refractivity contribution in [2.75, 3.05) is 53.4 Å². The highest BCUT2D eigenvalue weighted by molar-refractivity contribution is 5.94. The Balaban J connectivity index is 1.54. The number of hydrogen-bond acceptors (Lipinski definition) is 8. The molecule has 0 bridgehead atoms. The minimum atomic E-state index is -1.07. The van der Waals surface area contributed by atoms with Crippen molar-refractivity contribution < 1.29 is 28.5 Å². The van der Waals surface area contributed by atoms with Crippen LogP contribution >= 0.6 is 0 Å². The molecule has 0 aliphatic heterocycles. The number of nitrogens with two attached hydrogens (primary N) is 5. The molecule has 0 saturated carbocycles. The molecule has 0 fully saturated rings. The number of H-pyrrole nitrogens is 1. The van der Waals surface area contributed by atoms with Gasteiger partial charge in [0, 0.05) is 49.7 Å². The van der Waals surface area contributed by atoms with Crippen LogP contribution in [0.4, 0.5) is 0 Å². The largest absolute Gasteiger partial charge is 0.370 e. The first-order chi connectivity index (χ1) is 25.2. The van der Waals surface area contributed by atoms with E-state index in [1.807, 2.05) is 24.3 Å². The summed E-state index contributed by atoms with van der Waals surface area (Å²) in [6, 6.07) is 5.34. The lowest BCUT2D eigenvalue weighted by atomic mass is 10.1. The number of aromatic nitrogens is 1. The standard InChI is InChI=1S/C36H62N12O5/c1-48(2,21-11-19-43-34(52)28(38)14-10-18-45-36(40)41)20-9-6-13-27(37)33(51)42-16-7-3-8-17-44-35(53)30(23-31(39)49)47-32(50)22-25-24-46-29-15-5-4-12-26(25)29/h4-5,12,15,24,27-28,30,46H,3,6-11,13-14,16-23,37-38H2,1-2H3,(H9-,39,40,41,42,43,44,45,47,49,50,51,52,53)/p+1. The minimum absolute atomic E-state index is 0.0262. The molecule has 0 aliphatic carbocycles. The molecule has 3 unspecified atom stereocenters. The maximum absolute atomic E-state index is 12.8. The summed E-state index contributed by atoms with van der Waals surface area (Å²) in [6.07, 6.45) is 7.86. The van der Waals surface area contributed by atoms with Crippen LogP contribution in [0.3, 0.4) is 0 Å². The number of para-hydroxylation sites is 1. The average molecular weight is 744 g/mol. The number of hydrogen-bond donors (Lipinski definition) is 10. The summed E-state index contributed by atoms with van der Waals surface area (Å²) in [7, 11) is 4.28. The second-order valence-electron chi connectivity index (χ2n) is 14.2. The van der Waals surface area contributed by atoms with E-state index in [0.717, 1.165) is 59.7 Å². The van der Waals surface area contributed by atoms with Gasteiger partial charge in [0.05, 0.1) is 52.1 Å². The summed E-state index contributed by atoms with van der Waals surface area (Å²) in [6.45, 7) is 3.61. The van der Waals surface area contributed by atoms with E-state index < -0.39 is 29.9 Å². The fraction of sp³-hybridized carbons (Fsp3) is 0.611. The minimum Gasteiger partial charge on any atom is -0.370 e. The first kappa shape index (κ1) is 44.4. The number of nitrogens with zero attached hydrogens (tertiary/aromatic N) is 2. The molecule has 1 heterocycles. The Morgan fingerprint density at radius 1 is 0.755 bits per heavy atom. The summed E-state index contributed by atoms with van der Waals surface area (Å²) < 4.78 is 0.786. The van der Waals surface area contributed by atoms with Crippen LogP contribution in [-0.2, 0) is 30.4 Å². The Morgan fingerprint density at radius 3 is 1.98 bits per heavy atom. The third-order valence-electron chi connectivity index (χ3n) is 8.94. The zero-order valence-corrected chi connectivity index (χ0v) is 31.5. The molecule has 1 aromatic heterocycles. The van der Waals surface area contributed by atoms with Crippen molar-refractivity contribution in [1.82, 2.24) is 26.3 Å². The number of carbonyl (C=O) groups is 5. The summed E-state index contributed by atoms with van der Waals surface area (Å²) in [5.74, 6) is -1.90. The Bertz CT molecular complexity index is 1490. The van der Waals surface area contributed by atoms with Crippen molar-refractivity contribution in [3.05, 3.63) is 36.0 Å². The van der Waals surface area contributed by atoms with Crippen molar-refractivity contribution >= 4 is 46.4 Å². The molecule has 2 rings (SSSR count). The Kier molecular flexibility index (Phi) is 19.9. The van der Waals surface area contributed by atoms with E-state index in [2.05, 4.69) is 45.3 Å². The molecule has 2 aromatic rings. The zero-order chi connectivity index (χ0) is 39.2. The second kappa shape index (κ2) is 23.7. The smallest absolute Gasteiger partial charge is 0.243 e. The number of quaternary nitrogens is 1. The number of fused-ring (bicyclic) bond motifs is 1. The van der Waals surface area contributed by atoms with Crippen molar-refractivity contribution in [3.63, 3.8) is 0 Å². The molecule has 0 spiro atoms. The second-order valence-corrected chi connectivity index (χ2v) is 14.2. The molecular weight excluding hydrogens is 680 g/mol. The quantitative estimate of drug-likeness (QED) is 0.0230. The van der Waals surface area contributed by atoms with E-state index in [9.17, 15) is 24.0 Å². The van der Waals surface area contributed by atoms with Crippen LogP contribution in [0.25, 0.3) is 10.9 Å². The van der Waals surface area contributed by atoms with E-state index in [4.69, 9.17) is 28.7 Å². The molecule has 3 atom stereocenters. The van der Waals surface area contributed by atoms with Gasteiger partial charge in [-0.05, 0) is 63.0 Å². The third-order valence-corrected chi connectivity index (χ3v) is 8.94. The van der Waals surface area contributed by atoms with Crippen LogP contribution in [0.2, 0.25) is 0 Å². The molecule has 5 amide bonds. The first-order valence-corrected chi connectivity index (χ1v) is 18.5. The SMILES string of the molecule is C[N+](C)(CCCCC(N)C(=O)NCCCCCNC(=O)C(CC(N)=O)NC(=O)Cc1c[nH]c2ccccc12)CCCNC(=O)C(N)CCCN=C(N)N. The number of benzene rings is 1. The zero-order valence-electron chi connectivity index (χ0n) is 31.5. The lowest BCUT2D eigenvalue weighted by molar-refractivity contribution is -0.890. The number of rotatable bonds is 27. The monoisotopic (exact) mass is 744 g/mol. The van der Waals surface area contributed by atoms with E-state index in [0.29, 0.717) is 58.3 Å². The van der Waals surface area contributed by atoms with Crippen LogP contribution in [0.15, 0.2) is 35.5 Å².